The van der Waals surface area contributed by atoms with Gasteiger partial charge in [-0.15, -0.1) is 24.4 Å². The number of nitrogens with zero attached hydrogens (tertiary/aromatic N) is 2. The highest BCUT2D eigenvalue weighted by molar-refractivity contribution is 7.99. The van der Waals surface area contributed by atoms with E-state index in [4.69, 9.17) is 0 Å². The van der Waals surface area contributed by atoms with Gasteiger partial charge in [0.1, 0.15) is 12.1 Å². The smallest absolute Gasteiger partial charge is 0.142 e. The molecule has 1 N–H and O–H groups in total. The summed E-state index contributed by atoms with van der Waals surface area (Å²) in [6.07, 6.45) is 2.69. The molecule has 0 radical (unpaired) electrons. The van der Waals surface area contributed by atoms with Crippen LogP contribution in [0.1, 0.15) is 5.56 Å². The average Bonchev–Trinajstić information content (AvgIpc) is 2.96. The molecule has 0 bridgehead atoms. The molecule has 0 aliphatic carbocycles. The highest BCUT2D eigenvalue weighted by atomic mass is 32.2. The van der Waals surface area contributed by atoms with E-state index in [2.05, 4.69) is 40.0 Å². The van der Waals surface area contributed by atoms with Crippen LogP contribution in [0.2, 0.25) is 0 Å². The summed E-state index contributed by atoms with van der Waals surface area (Å²) >= 11 is 6.29. The minimum absolute atomic E-state index is 0.873. The Hall–Kier alpha value is -1.72. The molecule has 0 amide bonds. The van der Waals surface area contributed by atoms with Crippen molar-refractivity contribution in [3.8, 4) is 0 Å². The molecule has 104 valence electrons. The maximum atomic E-state index is 4.45. The fourth-order valence-electron chi connectivity index (χ4n) is 2.66. The molecule has 4 rings (SSSR count). The van der Waals surface area contributed by atoms with Crippen molar-refractivity contribution >= 4 is 46.8 Å². The third-order valence-electron chi connectivity index (χ3n) is 3.59. The molecule has 0 fully saturated rings. The Balaban J connectivity index is 1.87. The standard InChI is InChI=1S/C16H13N3S2/c20-11-3-1-2-10(8-11)19-16-15-12-6-7-21-14(12)5-4-13(15)17-9-18-16/h1-5,8-9,20H,6-7H2,(H,17,18,19). The largest absolute Gasteiger partial charge is 0.340 e. The van der Waals surface area contributed by atoms with Gasteiger partial charge in [-0.25, -0.2) is 9.97 Å². The van der Waals surface area contributed by atoms with E-state index in [1.54, 1.807) is 6.33 Å². The summed E-state index contributed by atoms with van der Waals surface area (Å²) in [5, 5.41) is 4.55. The minimum Gasteiger partial charge on any atom is -0.340 e. The summed E-state index contributed by atoms with van der Waals surface area (Å²) in [5.41, 5.74) is 3.35. The lowest BCUT2D eigenvalue weighted by Gasteiger charge is -2.11. The second-order valence-electron chi connectivity index (χ2n) is 4.93. The van der Waals surface area contributed by atoms with Gasteiger partial charge in [-0.3, -0.25) is 0 Å². The predicted octanol–water partition coefficient (Wildman–Crippen LogP) is 4.31. The molecule has 0 saturated carbocycles. The summed E-state index contributed by atoms with van der Waals surface area (Å²) in [6, 6.07) is 12.2. The van der Waals surface area contributed by atoms with Gasteiger partial charge in [-0.05, 0) is 42.3 Å². The van der Waals surface area contributed by atoms with Crippen LogP contribution in [0.5, 0.6) is 0 Å². The van der Waals surface area contributed by atoms with Crippen molar-refractivity contribution in [1.82, 2.24) is 9.97 Å². The van der Waals surface area contributed by atoms with Crippen LogP contribution in [-0.2, 0) is 6.42 Å². The van der Waals surface area contributed by atoms with Crippen molar-refractivity contribution in [1.29, 1.82) is 0 Å². The zero-order chi connectivity index (χ0) is 14.2. The number of anilines is 2. The van der Waals surface area contributed by atoms with Gasteiger partial charge in [0.25, 0.3) is 0 Å². The number of thioether (sulfide) groups is 1. The van der Waals surface area contributed by atoms with Crippen molar-refractivity contribution in [2.24, 2.45) is 0 Å². The van der Waals surface area contributed by atoms with Crippen LogP contribution in [0, 0.1) is 0 Å². The number of aryl methyl sites for hydroxylation is 1. The molecule has 0 atom stereocenters. The second kappa shape index (κ2) is 5.24. The molecule has 2 heterocycles. The minimum atomic E-state index is 0.873. The zero-order valence-electron chi connectivity index (χ0n) is 11.2. The Morgan fingerprint density at radius 1 is 1.14 bits per heavy atom. The van der Waals surface area contributed by atoms with Gasteiger partial charge in [0.05, 0.1) is 5.52 Å². The fraction of sp³-hybridized carbons (Fsp3) is 0.125. The summed E-state index contributed by atoms with van der Waals surface area (Å²) < 4.78 is 0. The summed E-state index contributed by atoms with van der Waals surface area (Å²) in [6.45, 7) is 0. The fourth-order valence-corrected chi connectivity index (χ4v) is 3.96. The first-order valence-corrected chi connectivity index (χ1v) is 8.20. The number of aromatic nitrogens is 2. The molecule has 1 aliphatic heterocycles. The first-order valence-electron chi connectivity index (χ1n) is 6.77. The number of thiol groups is 1. The lowest BCUT2D eigenvalue weighted by molar-refractivity contribution is 1.14. The highest BCUT2D eigenvalue weighted by Gasteiger charge is 2.18. The maximum Gasteiger partial charge on any atom is 0.142 e. The number of benzene rings is 2. The van der Waals surface area contributed by atoms with Gasteiger partial charge in [0.2, 0.25) is 0 Å². The third-order valence-corrected chi connectivity index (χ3v) is 4.97. The average molecular weight is 311 g/mol. The lowest BCUT2D eigenvalue weighted by atomic mass is 10.1. The van der Waals surface area contributed by atoms with Crippen LogP contribution in [0.3, 0.4) is 0 Å². The Bertz CT molecular complexity index is 833. The Labute approximate surface area is 132 Å². The van der Waals surface area contributed by atoms with Crippen LogP contribution < -0.4 is 5.32 Å². The molecule has 0 spiro atoms. The molecular weight excluding hydrogens is 298 g/mol. The van der Waals surface area contributed by atoms with Gasteiger partial charge in [-0.2, -0.15) is 0 Å². The van der Waals surface area contributed by atoms with E-state index in [0.717, 1.165) is 39.5 Å². The summed E-state index contributed by atoms with van der Waals surface area (Å²) in [5.74, 6) is 2.01. The van der Waals surface area contributed by atoms with E-state index in [-0.39, 0.29) is 0 Å². The van der Waals surface area contributed by atoms with E-state index in [1.807, 2.05) is 36.0 Å². The third kappa shape index (κ3) is 2.36. The first-order chi connectivity index (χ1) is 10.3. The summed E-state index contributed by atoms with van der Waals surface area (Å²) in [7, 11) is 0. The van der Waals surface area contributed by atoms with Crippen molar-refractivity contribution in [3.05, 3.63) is 48.3 Å². The van der Waals surface area contributed by atoms with E-state index >= 15 is 0 Å². The molecule has 2 aromatic carbocycles. The van der Waals surface area contributed by atoms with Gasteiger partial charge < -0.3 is 5.32 Å². The number of fused-ring (bicyclic) bond motifs is 3. The number of hydrogen-bond acceptors (Lipinski definition) is 5. The maximum absolute atomic E-state index is 4.45. The molecular formula is C16H13N3S2. The van der Waals surface area contributed by atoms with Crippen molar-refractivity contribution in [3.63, 3.8) is 0 Å². The molecule has 1 aromatic heterocycles. The molecule has 3 nitrogen and oxygen atoms in total. The first kappa shape index (κ1) is 13.0. The van der Waals surface area contributed by atoms with Crippen LogP contribution in [0.15, 0.2) is 52.5 Å². The van der Waals surface area contributed by atoms with E-state index in [1.165, 1.54) is 10.5 Å². The predicted molar refractivity (Wildman–Crippen MR) is 90.9 cm³/mol. The van der Waals surface area contributed by atoms with Crippen molar-refractivity contribution < 1.29 is 0 Å². The summed E-state index contributed by atoms with van der Waals surface area (Å²) in [4.78, 5) is 11.1. The number of nitrogens with one attached hydrogen (secondary N) is 1. The van der Waals surface area contributed by atoms with Crippen LogP contribution >= 0.6 is 24.4 Å². The Morgan fingerprint density at radius 2 is 2.10 bits per heavy atom. The normalized spacial score (nSPS) is 13.4. The highest BCUT2D eigenvalue weighted by Crippen LogP contribution is 2.38. The molecule has 5 heteroatoms. The monoisotopic (exact) mass is 311 g/mol. The van der Waals surface area contributed by atoms with E-state index < -0.39 is 0 Å². The van der Waals surface area contributed by atoms with Crippen LogP contribution in [-0.4, -0.2) is 15.7 Å². The van der Waals surface area contributed by atoms with Crippen molar-refractivity contribution in [2.75, 3.05) is 11.1 Å². The van der Waals surface area contributed by atoms with E-state index in [0.29, 0.717) is 0 Å². The van der Waals surface area contributed by atoms with Crippen molar-refractivity contribution in [2.45, 2.75) is 16.2 Å². The van der Waals surface area contributed by atoms with Gasteiger partial charge in [0.15, 0.2) is 0 Å². The van der Waals surface area contributed by atoms with Gasteiger partial charge >= 0.3 is 0 Å². The molecule has 1 aliphatic rings. The van der Waals surface area contributed by atoms with E-state index in [9.17, 15) is 0 Å². The number of rotatable bonds is 2. The van der Waals surface area contributed by atoms with Gasteiger partial charge in [0, 0.05) is 26.6 Å². The van der Waals surface area contributed by atoms with Crippen LogP contribution in [0.25, 0.3) is 10.9 Å². The molecule has 21 heavy (non-hydrogen) atoms. The molecule has 0 saturated heterocycles. The second-order valence-corrected chi connectivity index (χ2v) is 6.59. The Morgan fingerprint density at radius 3 is 3.00 bits per heavy atom. The zero-order valence-corrected chi connectivity index (χ0v) is 12.9. The van der Waals surface area contributed by atoms with Gasteiger partial charge in [-0.1, -0.05) is 6.07 Å². The quantitative estimate of drug-likeness (QED) is 0.692. The Kier molecular flexibility index (Phi) is 3.24. The number of hydrogen-bond donors (Lipinski definition) is 2. The topological polar surface area (TPSA) is 37.8 Å². The molecule has 0 unspecified atom stereocenters. The SMILES string of the molecule is Sc1cccc(Nc2ncnc3ccc4c(c23)CCS4)c1. The lowest BCUT2D eigenvalue weighted by Crippen LogP contribution is -1.98. The molecule has 3 aromatic rings. The van der Waals surface area contributed by atoms with Crippen LogP contribution in [0.4, 0.5) is 11.5 Å².